The smallest absolute Gasteiger partial charge is 0.340 e. The molecule has 0 fully saturated rings. The molecule has 0 aliphatic rings. The van der Waals surface area contributed by atoms with Crippen molar-refractivity contribution >= 4 is 55.3 Å². The highest BCUT2D eigenvalue weighted by molar-refractivity contribution is 9.10. The van der Waals surface area contributed by atoms with E-state index in [1.807, 2.05) is 29.6 Å². The number of carbonyl (C=O) groups excluding carboxylic acids is 2. The van der Waals surface area contributed by atoms with Gasteiger partial charge in [-0.15, -0.1) is 11.3 Å². The number of anilines is 1. The van der Waals surface area contributed by atoms with Crippen molar-refractivity contribution in [3.05, 3.63) is 70.3 Å². The molecule has 0 unspecified atom stereocenters. The monoisotopic (exact) mass is 468 g/mol. The average molecular weight is 469 g/mol. The summed E-state index contributed by atoms with van der Waals surface area (Å²) in [5.74, 6) is -1.11. The summed E-state index contributed by atoms with van der Waals surface area (Å²) in [6.45, 7) is -0.428. The molecule has 2 aromatic carbocycles. The van der Waals surface area contributed by atoms with Crippen LogP contribution in [0.4, 0.5) is 5.13 Å². The standard InChI is InChI=1S/C20H13BrN4O3S/c21-13-6-4-12(5-7-13)16-11-29-20(24-16)25-17(26)10-28-19(27)14-2-1-3-15-18(14)23-9-8-22-15/h1-9,11H,10H2,(H,24,25,26). The van der Waals surface area contributed by atoms with Gasteiger partial charge in [0.2, 0.25) is 0 Å². The maximum absolute atomic E-state index is 12.3. The van der Waals surface area contributed by atoms with Crippen LogP contribution in [0.15, 0.2) is 64.7 Å². The molecule has 4 rings (SSSR count). The number of carbonyl (C=O) groups is 2. The fraction of sp³-hybridized carbons (Fsp3) is 0.0500. The minimum Gasteiger partial charge on any atom is -0.452 e. The molecule has 2 aromatic heterocycles. The van der Waals surface area contributed by atoms with Crippen LogP contribution in [0, 0.1) is 0 Å². The third-order valence-electron chi connectivity index (χ3n) is 3.94. The summed E-state index contributed by atoms with van der Waals surface area (Å²) in [6, 6.07) is 12.7. The Kier molecular flexibility index (Phi) is 5.59. The fourth-order valence-electron chi connectivity index (χ4n) is 2.61. The lowest BCUT2D eigenvalue weighted by Crippen LogP contribution is -2.21. The molecule has 7 nitrogen and oxygen atoms in total. The van der Waals surface area contributed by atoms with Crippen molar-refractivity contribution in [2.24, 2.45) is 0 Å². The van der Waals surface area contributed by atoms with E-state index in [-0.39, 0.29) is 5.56 Å². The molecule has 1 amide bonds. The number of thiazole rings is 1. The zero-order valence-corrected chi connectivity index (χ0v) is 17.2. The van der Waals surface area contributed by atoms with Crippen LogP contribution in [0.3, 0.4) is 0 Å². The maximum atomic E-state index is 12.3. The van der Waals surface area contributed by atoms with Gasteiger partial charge in [-0.25, -0.2) is 9.78 Å². The third-order valence-corrected chi connectivity index (χ3v) is 5.23. The predicted octanol–water partition coefficient (Wildman–Crippen LogP) is 4.31. The number of hydrogen-bond donors (Lipinski definition) is 1. The highest BCUT2D eigenvalue weighted by Crippen LogP contribution is 2.26. The van der Waals surface area contributed by atoms with Crippen molar-refractivity contribution in [2.45, 2.75) is 0 Å². The van der Waals surface area contributed by atoms with E-state index >= 15 is 0 Å². The van der Waals surface area contributed by atoms with Gasteiger partial charge in [-0.3, -0.25) is 20.1 Å². The van der Waals surface area contributed by atoms with E-state index in [0.717, 1.165) is 15.7 Å². The van der Waals surface area contributed by atoms with Crippen LogP contribution in [0.2, 0.25) is 0 Å². The maximum Gasteiger partial charge on any atom is 0.340 e. The molecule has 144 valence electrons. The zero-order valence-electron chi connectivity index (χ0n) is 14.8. The summed E-state index contributed by atoms with van der Waals surface area (Å²) in [6.07, 6.45) is 3.04. The lowest BCUT2D eigenvalue weighted by atomic mass is 10.2. The second-order valence-corrected chi connectivity index (χ2v) is 7.67. The number of halogens is 1. The normalized spacial score (nSPS) is 10.7. The minimum absolute atomic E-state index is 0.259. The van der Waals surface area contributed by atoms with Crippen LogP contribution < -0.4 is 5.32 Å². The summed E-state index contributed by atoms with van der Waals surface area (Å²) < 4.78 is 6.10. The SMILES string of the molecule is O=C(COC(=O)c1cccc2nccnc12)Nc1nc(-c2ccc(Br)cc2)cs1. The van der Waals surface area contributed by atoms with Gasteiger partial charge in [0, 0.05) is 27.8 Å². The quantitative estimate of drug-likeness (QED) is 0.438. The Labute approximate surface area is 177 Å². The predicted molar refractivity (Wildman–Crippen MR) is 114 cm³/mol. The van der Waals surface area contributed by atoms with E-state index in [1.54, 1.807) is 24.4 Å². The Balaban J connectivity index is 1.38. The van der Waals surface area contributed by atoms with Crippen LogP contribution in [-0.2, 0) is 9.53 Å². The minimum atomic E-state index is -0.638. The lowest BCUT2D eigenvalue weighted by molar-refractivity contribution is -0.119. The van der Waals surface area contributed by atoms with Crippen molar-refractivity contribution in [3.8, 4) is 11.3 Å². The summed E-state index contributed by atoms with van der Waals surface area (Å²) >= 11 is 4.69. The molecule has 29 heavy (non-hydrogen) atoms. The summed E-state index contributed by atoms with van der Waals surface area (Å²) in [5, 5.41) is 4.92. The Morgan fingerprint density at radius 3 is 2.69 bits per heavy atom. The third kappa shape index (κ3) is 4.47. The van der Waals surface area contributed by atoms with Crippen molar-refractivity contribution in [1.29, 1.82) is 0 Å². The second kappa shape index (κ2) is 8.46. The molecule has 9 heteroatoms. The summed E-state index contributed by atoms with van der Waals surface area (Å²) in [5.41, 5.74) is 2.96. The molecular formula is C20H13BrN4O3S. The first-order chi connectivity index (χ1) is 14.1. The van der Waals surface area contributed by atoms with E-state index in [9.17, 15) is 9.59 Å². The van der Waals surface area contributed by atoms with Crippen LogP contribution in [-0.4, -0.2) is 33.4 Å². The van der Waals surface area contributed by atoms with Crippen LogP contribution in [0.1, 0.15) is 10.4 Å². The Morgan fingerprint density at radius 2 is 1.86 bits per heavy atom. The van der Waals surface area contributed by atoms with Gasteiger partial charge in [-0.05, 0) is 24.3 Å². The Morgan fingerprint density at radius 1 is 1.07 bits per heavy atom. The van der Waals surface area contributed by atoms with Gasteiger partial charge in [-0.2, -0.15) is 0 Å². The van der Waals surface area contributed by atoms with Crippen LogP contribution in [0.25, 0.3) is 22.3 Å². The second-order valence-electron chi connectivity index (χ2n) is 5.90. The molecule has 0 saturated heterocycles. The molecule has 0 radical (unpaired) electrons. The molecule has 0 atom stereocenters. The lowest BCUT2D eigenvalue weighted by Gasteiger charge is -2.06. The zero-order chi connectivity index (χ0) is 20.2. The van der Waals surface area contributed by atoms with Crippen molar-refractivity contribution < 1.29 is 14.3 Å². The van der Waals surface area contributed by atoms with Crippen molar-refractivity contribution in [1.82, 2.24) is 15.0 Å². The fourth-order valence-corrected chi connectivity index (χ4v) is 3.61. The van der Waals surface area contributed by atoms with E-state index < -0.39 is 18.5 Å². The van der Waals surface area contributed by atoms with Crippen molar-refractivity contribution in [2.75, 3.05) is 11.9 Å². The number of nitrogens with zero attached hydrogens (tertiary/aromatic N) is 3. The van der Waals surface area contributed by atoms with E-state index in [2.05, 4.69) is 36.2 Å². The molecule has 1 N–H and O–H groups in total. The van der Waals surface area contributed by atoms with Gasteiger partial charge in [-0.1, -0.05) is 34.1 Å². The molecule has 0 bridgehead atoms. The summed E-state index contributed by atoms with van der Waals surface area (Å²) in [4.78, 5) is 37.2. The first-order valence-electron chi connectivity index (χ1n) is 8.48. The van der Waals surface area contributed by atoms with Crippen LogP contribution in [0.5, 0.6) is 0 Å². The van der Waals surface area contributed by atoms with Gasteiger partial charge in [0.15, 0.2) is 11.7 Å². The first kappa shape index (κ1) is 19.2. The molecule has 4 aromatic rings. The number of esters is 1. The highest BCUT2D eigenvalue weighted by atomic mass is 79.9. The molecule has 0 saturated carbocycles. The molecular weight excluding hydrogens is 456 g/mol. The van der Waals surface area contributed by atoms with Crippen molar-refractivity contribution in [3.63, 3.8) is 0 Å². The van der Waals surface area contributed by atoms with Gasteiger partial charge >= 0.3 is 5.97 Å². The summed E-state index contributed by atoms with van der Waals surface area (Å²) in [7, 11) is 0. The van der Waals surface area contributed by atoms with Gasteiger partial charge < -0.3 is 4.74 Å². The number of aromatic nitrogens is 3. The number of benzene rings is 2. The van der Waals surface area contributed by atoms with E-state index in [4.69, 9.17) is 4.74 Å². The van der Waals surface area contributed by atoms with E-state index in [0.29, 0.717) is 16.2 Å². The van der Waals surface area contributed by atoms with Gasteiger partial charge in [0.25, 0.3) is 5.91 Å². The highest BCUT2D eigenvalue weighted by Gasteiger charge is 2.15. The molecule has 0 aliphatic heterocycles. The van der Waals surface area contributed by atoms with Gasteiger partial charge in [0.05, 0.1) is 16.8 Å². The number of hydrogen-bond acceptors (Lipinski definition) is 7. The number of nitrogens with one attached hydrogen (secondary N) is 1. The van der Waals surface area contributed by atoms with Gasteiger partial charge in [0.1, 0.15) is 5.52 Å². The topological polar surface area (TPSA) is 94.1 Å². The Bertz CT molecular complexity index is 1190. The molecule has 0 aliphatic carbocycles. The number of ether oxygens (including phenoxy) is 1. The van der Waals surface area contributed by atoms with E-state index in [1.165, 1.54) is 17.5 Å². The Hall–Kier alpha value is -3.17. The van der Waals surface area contributed by atoms with Crippen LogP contribution >= 0.6 is 27.3 Å². The molecule has 0 spiro atoms. The molecule has 2 heterocycles. The number of para-hydroxylation sites is 1. The average Bonchev–Trinajstić information content (AvgIpc) is 3.20. The number of rotatable bonds is 5. The number of fused-ring (bicyclic) bond motifs is 1. The number of amides is 1. The first-order valence-corrected chi connectivity index (χ1v) is 10.2. The largest absolute Gasteiger partial charge is 0.452 e.